The fraction of sp³-hybridized carbons (Fsp3) is 0.407. The van der Waals surface area contributed by atoms with Crippen molar-refractivity contribution >= 4 is 17.8 Å². The number of carbonyl (C=O) groups excluding carboxylic acids is 3. The smallest absolute Gasteiger partial charge is 0.325 e. The van der Waals surface area contributed by atoms with Crippen LogP contribution in [0.25, 0.3) is 11.4 Å². The number of aromatic nitrogens is 4. The van der Waals surface area contributed by atoms with Crippen molar-refractivity contribution < 1.29 is 27.9 Å². The molecule has 1 fully saturated rings. The van der Waals surface area contributed by atoms with Crippen molar-refractivity contribution in [3.8, 4) is 11.4 Å². The van der Waals surface area contributed by atoms with Crippen LogP contribution in [-0.2, 0) is 25.7 Å². The molecule has 12 heteroatoms. The summed E-state index contributed by atoms with van der Waals surface area (Å²) in [4.78, 5) is 41.8. The number of hydrogen-bond acceptors (Lipinski definition) is 7. The second-order valence-electron chi connectivity index (χ2n) is 9.25. The number of benzene rings is 2. The van der Waals surface area contributed by atoms with Gasteiger partial charge in [0.1, 0.15) is 30.8 Å². The van der Waals surface area contributed by atoms with E-state index in [1.807, 2.05) is 0 Å². The van der Waals surface area contributed by atoms with Gasteiger partial charge < -0.3 is 15.0 Å². The molecule has 3 aromatic rings. The molecule has 2 amide bonds. The molecule has 1 heterocycles. The predicted octanol–water partition coefficient (Wildman–Crippen LogP) is 3.20. The van der Waals surface area contributed by atoms with E-state index >= 15 is 0 Å². The number of esters is 1. The fourth-order valence-electron chi connectivity index (χ4n) is 4.59. The van der Waals surface area contributed by atoms with Gasteiger partial charge in [0, 0.05) is 6.04 Å². The third-order valence-electron chi connectivity index (χ3n) is 6.47. The Morgan fingerprint density at radius 2 is 1.79 bits per heavy atom. The second-order valence-corrected chi connectivity index (χ2v) is 9.25. The van der Waals surface area contributed by atoms with Crippen molar-refractivity contribution in [2.75, 3.05) is 13.2 Å². The Morgan fingerprint density at radius 1 is 1.08 bits per heavy atom. The van der Waals surface area contributed by atoms with Crippen LogP contribution in [0.2, 0.25) is 0 Å². The highest BCUT2D eigenvalue weighted by atomic mass is 19.1. The number of tetrazole rings is 1. The molecule has 1 aliphatic carbocycles. The van der Waals surface area contributed by atoms with Crippen LogP contribution in [0, 0.1) is 11.6 Å². The molecule has 1 saturated carbocycles. The van der Waals surface area contributed by atoms with Crippen LogP contribution < -0.4 is 5.32 Å². The zero-order chi connectivity index (χ0) is 27.8. The molecule has 206 valence electrons. The van der Waals surface area contributed by atoms with Crippen LogP contribution in [-0.4, -0.2) is 62.1 Å². The molecule has 0 unspecified atom stereocenters. The number of hydrogen-bond donors (Lipinski definition) is 1. The Hall–Kier alpha value is -4.22. The van der Waals surface area contributed by atoms with Gasteiger partial charge in [-0.3, -0.25) is 14.4 Å². The number of ether oxygens (including phenoxy) is 1. The van der Waals surface area contributed by atoms with E-state index < -0.39 is 48.5 Å². The summed E-state index contributed by atoms with van der Waals surface area (Å²) in [6, 6.07) is 9.70. The first-order valence-electron chi connectivity index (χ1n) is 12.9. The molecule has 2 aromatic carbocycles. The number of halogens is 2. The van der Waals surface area contributed by atoms with E-state index in [4.69, 9.17) is 4.74 Å². The third-order valence-corrected chi connectivity index (χ3v) is 6.47. The number of nitrogens with zero attached hydrogens (tertiary/aromatic N) is 5. The molecule has 0 radical (unpaired) electrons. The molecule has 1 atom stereocenters. The van der Waals surface area contributed by atoms with E-state index in [0.29, 0.717) is 5.56 Å². The van der Waals surface area contributed by atoms with Crippen molar-refractivity contribution in [1.29, 1.82) is 0 Å². The lowest BCUT2D eigenvalue weighted by Gasteiger charge is -2.32. The average molecular weight is 541 g/mol. The molecular weight excluding hydrogens is 510 g/mol. The van der Waals surface area contributed by atoms with Gasteiger partial charge in [-0.1, -0.05) is 43.5 Å². The Morgan fingerprint density at radius 3 is 2.49 bits per heavy atom. The van der Waals surface area contributed by atoms with Crippen LogP contribution in [0.3, 0.4) is 0 Å². The van der Waals surface area contributed by atoms with Crippen LogP contribution in [0.15, 0.2) is 48.5 Å². The number of nitrogens with one attached hydrogen (secondary N) is 1. The Bertz CT molecular complexity index is 1290. The molecule has 1 aliphatic rings. The average Bonchev–Trinajstić information content (AvgIpc) is 3.38. The van der Waals surface area contributed by atoms with E-state index in [9.17, 15) is 23.2 Å². The summed E-state index contributed by atoms with van der Waals surface area (Å²) in [7, 11) is 0. The molecule has 1 aromatic heterocycles. The number of amides is 2. The zero-order valence-electron chi connectivity index (χ0n) is 21.6. The summed E-state index contributed by atoms with van der Waals surface area (Å²) in [5, 5.41) is 14.8. The van der Waals surface area contributed by atoms with Gasteiger partial charge in [0.05, 0.1) is 12.2 Å². The number of carbonyl (C=O) groups is 3. The van der Waals surface area contributed by atoms with Crippen molar-refractivity contribution in [3.05, 3.63) is 65.7 Å². The van der Waals surface area contributed by atoms with Crippen LogP contribution in [0.4, 0.5) is 8.78 Å². The van der Waals surface area contributed by atoms with Gasteiger partial charge in [0.2, 0.25) is 17.6 Å². The van der Waals surface area contributed by atoms with E-state index in [2.05, 4.69) is 20.7 Å². The van der Waals surface area contributed by atoms with Gasteiger partial charge in [-0.05, 0) is 54.8 Å². The van der Waals surface area contributed by atoms with Gasteiger partial charge in [-0.25, -0.2) is 8.78 Å². The van der Waals surface area contributed by atoms with Crippen molar-refractivity contribution in [1.82, 2.24) is 30.4 Å². The molecule has 0 aliphatic heterocycles. The van der Waals surface area contributed by atoms with Crippen molar-refractivity contribution in [2.24, 2.45) is 0 Å². The highest BCUT2D eigenvalue weighted by Gasteiger charge is 2.35. The van der Waals surface area contributed by atoms with E-state index in [0.717, 1.165) is 41.8 Å². The normalized spacial score (nSPS) is 14.4. The molecule has 0 saturated heterocycles. The SMILES string of the molecule is CCOC(=O)CN(C(=O)Cn1nnc(-c2ccccc2F)n1)[C@H](C(=O)NC1CCCCC1)c1ccc(F)cc1. The van der Waals surface area contributed by atoms with Crippen LogP contribution >= 0.6 is 0 Å². The minimum atomic E-state index is -1.25. The van der Waals surface area contributed by atoms with E-state index in [1.54, 1.807) is 13.0 Å². The van der Waals surface area contributed by atoms with E-state index in [1.165, 1.54) is 42.5 Å². The van der Waals surface area contributed by atoms with Crippen LogP contribution in [0.5, 0.6) is 0 Å². The second kappa shape index (κ2) is 13.0. The van der Waals surface area contributed by atoms with Crippen LogP contribution in [0.1, 0.15) is 50.6 Å². The Balaban J connectivity index is 1.63. The predicted molar refractivity (Wildman–Crippen MR) is 136 cm³/mol. The van der Waals surface area contributed by atoms with Gasteiger partial charge in [-0.15, -0.1) is 10.2 Å². The minimum Gasteiger partial charge on any atom is -0.465 e. The quantitative estimate of drug-likeness (QED) is 0.392. The van der Waals surface area contributed by atoms with Gasteiger partial charge in [0.15, 0.2) is 0 Å². The Kier molecular flexibility index (Phi) is 9.29. The summed E-state index contributed by atoms with van der Waals surface area (Å²) in [6.07, 6.45) is 4.63. The molecule has 0 bridgehead atoms. The topological polar surface area (TPSA) is 119 Å². The van der Waals surface area contributed by atoms with Gasteiger partial charge >= 0.3 is 5.97 Å². The summed E-state index contributed by atoms with van der Waals surface area (Å²) in [6.45, 7) is 0.671. The first-order chi connectivity index (χ1) is 18.9. The van der Waals surface area contributed by atoms with E-state index in [-0.39, 0.29) is 24.0 Å². The summed E-state index contributed by atoms with van der Waals surface area (Å²) < 4.78 is 33.0. The standard InChI is InChI=1S/C27H30F2N6O4/c1-2-39-24(37)17-34(23(36)16-35-32-26(31-33-35)21-10-6-7-11-22(21)29)25(18-12-14-19(28)15-13-18)27(38)30-20-8-4-3-5-9-20/h6-7,10-15,20,25H,2-5,8-9,16-17H2,1H3,(H,30,38)/t25-/m0/s1. The lowest BCUT2D eigenvalue weighted by molar-refractivity contribution is -0.153. The van der Waals surface area contributed by atoms with Gasteiger partial charge in [-0.2, -0.15) is 4.80 Å². The maximum Gasteiger partial charge on any atom is 0.325 e. The molecular formula is C27H30F2N6O4. The molecule has 0 spiro atoms. The maximum absolute atomic E-state index is 14.2. The van der Waals surface area contributed by atoms with Gasteiger partial charge in [0.25, 0.3) is 0 Å². The fourth-order valence-corrected chi connectivity index (χ4v) is 4.59. The highest BCUT2D eigenvalue weighted by molar-refractivity contribution is 5.91. The highest BCUT2D eigenvalue weighted by Crippen LogP contribution is 2.25. The zero-order valence-corrected chi connectivity index (χ0v) is 21.6. The maximum atomic E-state index is 14.2. The summed E-state index contributed by atoms with van der Waals surface area (Å²) in [5.41, 5.74) is 0.427. The molecule has 39 heavy (non-hydrogen) atoms. The summed E-state index contributed by atoms with van der Waals surface area (Å²) >= 11 is 0. The molecule has 1 N–H and O–H groups in total. The molecule has 4 rings (SSSR count). The lowest BCUT2D eigenvalue weighted by atomic mass is 9.94. The van der Waals surface area contributed by atoms with Crippen molar-refractivity contribution in [3.63, 3.8) is 0 Å². The lowest BCUT2D eigenvalue weighted by Crippen LogP contribution is -2.49. The monoisotopic (exact) mass is 540 g/mol. The minimum absolute atomic E-state index is 0.0250. The first kappa shape index (κ1) is 27.8. The molecule has 10 nitrogen and oxygen atoms in total. The largest absolute Gasteiger partial charge is 0.465 e. The summed E-state index contributed by atoms with van der Waals surface area (Å²) in [5.74, 6) is -2.99. The Labute approximate surface area is 224 Å². The number of rotatable bonds is 10. The first-order valence-corrected chi connectivity index (χ1v) is 12.9. The third kappa shape index (κ3) is 7.21. The van der Waals surface area contributed by atoms with Crippen molar-refractivity contribution in [2.45, 2.75) is 57.7 Å².